The Balaban J connectivity index is 1.04. The lowest BCUT2D eigenvalue weighted by atomic mass is 9.76. The van der Waals surface area contributed by atoms with Gasteiger partial charge in [0, 0.05) is 11.8 Å². The summed E-state index contributed by atoms with van der Waals surface area (Å²) < 4.78 is 0. The highest BCUT2D eigenvalue weighted by molar-refractivity contribution is 6.14. The molecule has 0 amide bonds. The third kappa shape index (κ3) is 4.61. The maximum Gasteiger partial charge on any atom is 0.0138 e. The standard InChI is InChI=1S/C52H34/c1-3-10-39-28-41(26-20-33(39)8-1)35-16-22-37(23-17-35)47-31-49-46-15-7-14-45-44-13-6-5-12-43(44)30-51(52(45)46)50(49)32-48(47)38-24-18-36(19-25-38)42-27-21-34-9-2-4-11-40(34)29-42/h1-32,49-50H. The van der Waals surface area contributed by atoms with Crippen LogP contribution in [0.15, 0.2) is 194 Å². The van der Waals surface area contributed by atoms with Gasteiger partial charge in [-0.15, -0.1) is 0 Å². The van der Waals surface area contributed by atoms with Crippen molar-refractivity contribution in [3.05, 3.63) is 216 Å². The fraction of sp³-hybridized carbons (Fsp3) is 0.0385. The van der Waals surface area contributed by atoms with Crippen LogP contribution in [-0.4, -0.2) is 0 Å². The zero-order chi connectivity index (χ0) is 34.2. The molecule has 0 radical (unpaired) electrons. The average Bonchev–Trinajstić information content (AvgIpc) is 3.53. The fourth-order valence-corrected chi connectivity index (χ4v) is 9.00. The molecule has 0 aromatic heterocycles. The number of hydrogen-bond donors (Lipinski definition) is 0. The first-order valence-corrected chi connectivity index (χ1v) is 18.3. The van der Waals surface area contributed by atoms with Crippen LogP contribution in [0.4, 0.5) is 0 Å². The molecule has 0 N–H and O–H groups in total. The van der Waals surface area contributed by atoms with Crippen molar-refractivity contribution in [2.24, 2.45) is 0 Å². The van der Waals surface area contributed by atoms with E-state index in [0.29, 0.717) is 0 Å². The normalized spacial score (nSPS) is 16.3. The molecule has 0 fully saturated rings. The predicted octanol–water partition coefficient (Wildman–Crippen LogP) is 14.0. The van der Waals surface area contributed by atoms with Crippen LogP contribution in [0, 0.1) is 0 Å². The van der Waals surface area contributed by atoms with Crippen molar-refractivity contribution < 1.29 is 0 Å². The van der Waals surface area contributed by atoms with Gasteiger partial charge in [0.15, 0.2) is 0 Å². The van der Waals surface area contributed by atoms with Gasteiger partial charge in [0.1, 0.15) is 0 Å². The third-order valence-electron chi connectivity index (χ3n) is 11.6. The molecule has 2 atom stereocenters. The molecule has 242 valence electrons. The molecule has 0 nitrogen and oxygen atoms in total. The van der Waals surface area contributed by atoms with Crippen LogP contribution in [0.2, 0.25) is 0 Å². The van der Waals surface area contributed by atoms with Gasteiger partial charge in [0.25, 0.3) is 0 Å². The SMILES string of the molecule is C1=C(c2ccc(-c3ccc4ccccc4c3)cc2)C(c2ccc(-c3ccc4ccccc4c3)cc2)=CC2c3cc4ccccc4c4cccc(c34)C12. The van der Waals surface area contributed by atoms with E-state index in [9.17, 15) is 0 Å². The largest absolute Gasteiger partial charge is 0.0676 e. The molecular weight excluding hydrogens is 625 g/mol. The van der Waals surface area contributed by atoms with Crippen molar-refractivity contribution in [3.63, 3.8) is 0 Å². The predicted molar refractivity (Wildman–Crippen MR) is 222 cm³/mol. The number of fused-ring (bicyclic) bond motifs is 7. The molecule has 9 aromatic rings. The second-order valence-electron chi connectivity index (χ2n) is 14.4. The van der Waals surface area contributed by atoms with Crippen LogP contribution < -0.4 is 0 Å². The molecule has 0 heterocycles. The lowest BCUT2D eigenvalue weighted by Gasteiger charge is -2.27. The molecule has 0 aliphatic heterocycles. The Morgan fingerprint density at radius 2 is 0.712 bits per heavy atom. The second kappa shape index (κ2) is 11.5. The lowest BCUT2D eigenvalue weighted by Crippen LogP contribution is -2.08. The minimum atomic E-state index is 0.278. The molecule has 0 bridgehead atoms. The Kier molecular flexibility index (Phi) is 6.48. The first-order valence-electron chi connectivity index (χ1n) is 18.3. The van der Waals surface area contributed by atoms with Crippen molar-refractivity contribution in [1.82, 2.24) is 0 Å². The monoisotopic (exact) mass is 658 g/mol. The molecule has 52 heavy (non-hydrogen) atoms. The van der Waals surface area contributed by atoms with Crippen LogP contribution >= 0.6 is 0 Å². The van der Waals surface area contributed by atoms with Gasteiger partial charge < -0.3 is 0 Å². The third-order valence-corrected chi connectivity index (χ3v) is 11.6. The highest BCUT2D eigenvalue weighted by atomic mass is 14.4. The van der Waals surface area contributed by atoms with E-state index in [0.717, 1.165) is 0 Å². The zero-order valence-electron chi connectivity index (χ0n) is 28.6. The number of allylic oxidation sites excluding steroid dienone is 4. The molecular formula is C52H34. The van der Waals surface area contributed by atoms with E-state index >= 15 is 0 Å². The van der Waals surface area contributed by atoms with Crippen molar-refractivity contribution >= 4 is 54.2 Å². The summed E-state index contributed by atoms with van der Waals surface area (Å²) in [6, 6.07) is 67.5. The molecule has 0 saturated heterocycles. The average molecular weight is 659 g/mol. The fourth-order valence-electron chi connectivity index (χ4n) is 9.00. The minimum Gasteiger partial charge on any atom is -0.0676 e. The maximum absolute atomic E-state index is 2.58. The Hall–Kier alpha value is -6.50. The summed E-state index contributed by atoms with van der Waals surface area (Å²) in [7, 11) is 0. The molecule has 2 unspecified atom stereocenters. The van der Waals surface area contributed by atoms with Gasteiger partial charge in [-0.25, -0.2) is 0 Å². The molecule has 2 aliphatic rings. The minimum absolute atomic E-state index is 0.278. The number of rotatable bonds is 4. The van der Waals surface area contributed by atoms with E-state index in [-0.39, 0.29) is 11.8 Å². The lowest BCUT2D eigenvalue weighted by molar-refractivity contribution is 0.774. The van der Waals surface area contributed by atoms with Crippen molar-refractivity contribution in [3.8, 4) is 22.3 Å². The van der Waals surface area contributed by atoms with Crippen molar-refractivity contribution in [1.29, 1.82) is 0 Å². The topological polar surface area (TPSA) is 0 Å². The van der Waals surface area contributed by atoms with Crippen LogP contribution in [0.1, 0.15) is 34.1 Å². The van der Waals surface area contributed by atoms with Gasteiger partial charge in [-0.3, -0.25) is 0 Å². The van der Waals surface area contributed by atoms with E-state index in [1.807, 2.05) is 0 Å². The maximum atomic E-state index is 2.58. The molecule has 0 heteroatoms. The van der Waals surface area contributed by atoms with E-state index < -0.39 is 0 Å². The molecule has 2 aliphatic carbocycles. The Labute approximate surface area is 303 Å². The summed E-state index contributed by atoms with van der Waals surface area (Å²) in [6.07, 6.45) is 5.15. The molecule has 9 aromatic carbocycles. The van der Waals surface area contributed by atoms with Gasteiger partial charge in [-0.2, -0.15) is 0 Å². The molecule has 0 saturated carbocycles. The van der Waals surface area contributed by atoms with Gasteiger partial charge >= 0.3 is 0 Å². The first kappa shape index (κ1) is 29.3. The van der Waals surface area contributed by atoms with Crippen molar-refractivity contribution in [2.75, 3.05) is 0 Å². The highest BCUT2D eigenvalue weighted by Gasteiger charge is 2.36. The van der Waals surface area contributed by atoms with Crippen molar-refractivity contribution in [2.45, 2.75) is 11.8 Å². The molecule has 0 spiro atoms. The van der Waals surface area contributed by atoms with E-state index in [1.54, 1.807) is 0 Å². The Morgan fingerprint density at radius 1 is 0.269 bits per heavy atom. The van der Waals surface area contributed by atoms with Gasteiger partial charge in [0.2, 0.25) is 0 Å². The number of benzene rings is 9. The van der Waals surface area contributed by atoms with Crippen LogP contribution in [0.25, 0.3) is 76.5 Å². The summed E-state index contributed by atoms with van der Waals surface area (Å²) >= 11 is 0. The van der Waals surface area contributed by atoms with E-state index in [2.05, 4.69) is 194 Å². The Bertz CT molecular complexity index is 2940. The van der Waals surface area contributed by atoms with Gasteiger partial charge in [0.05, 0.1) is 0 Å². The first-order chi connectivity index (χ1) is 25.7. The highest BCUT2D eigenvalue weighted by Crippen LogP contribution is 2.55. The van der Waals surface area contributed by atoms with Gasteiger partial charge in [-0.05, 0) is 117 Å². The van der Waals surface area contributed by atoms with Crippen LogP contribution in [0.3, 0.4) is 0 Å². The summed E-state index contributed by atoms with van der Waals surface area (Å²) in [4.78, 5) is 0. The summed E-state index contributed by atoms with van der Waals surface area (Å²) in [5, 5.41) is 10.5. The van der Waals surface area contributed by atoms with E-state index in [1.165, 1.54) is 98.7 Å². The summed E-state index contributed by atoms with van der Waals surface area (Å²) in [5.74, 6) is 0.562. The summed E-state index contributed by atoms with van der Waals surface area (Å²) in [5.41, 5.74) is 13.0. The zero-order valence-corrected chi connectivity index (χ0v) is 28.6. The quantitative estimate of drug-likeness (QED) is 0.165. The smallest absolute Gasteiger partial charge is 0.0138 e. The second-order valence-corrected chi connectivity index (χ2v) is 14.4. The van der Waals surface area contributed by atoms with Gasteiger partial charge in [-0.1, -0.05) is 176 Å². The summed E-state index contributed by atoms with van der Waals surface area (Å²) in [6.45, 7) is 0. The molecule has 11 rings (SSSR count). The van der Waals surface area contributed by atoms with E-state index in [4.69, 9.17) is 0 Å². The van der Waals surface area contributed by atoms with Crippen LogP contribution in [-0.2, 0) is 0 Å². The Morgan fingerprint density at radius 3 is 1.29 bits per heavy atom. The van der Waals surface area contributed by atoms with Crippen LogP contribution in [0.5, 0.6) is 0 Å². The number of hydrogen-bond acceptors (Lipinski definition) is 0.